The van der Waals surface area contributed by atoms with Gasteiger partial charge in [0.25, 0.3) is 0 Å². The van der Waals surface area contributed by atoms with Gasteiger partial charge in [-0.3, -0.25) is 4.98 Å². The van der Waals surface area contributed by atoms with E-state index in [0.29, 0.717) is 0 Å². The second kappa shape index (κ2) is 5.49. The molecule has 21 heavy (non-hydrogen) atoms. The summed E-state index contributed by atoms with van der Waals surface area (Å²) in [4.78, 5) is 10.3. The van der Waals surface area contributed by atoms with Gasteiger partial charge in [-0.1, -0.05) is 56.8 Å². The summed E-state index contributed by atoms with van der Waals surface area (Å²) in [7, 11) is 0. The van der Waals surface area contributed by atoms with E-state index in [0.717, 1.165) is 16.1 Å². The molecule has 0 radical (unpaired) electrons. The van der Waals surface area contributed by atoms with Gasteiger partial charge >= 0.3 is 0 Å². The lowest BCUT2D eigenvalue weighted by Crippen LogP contribution is -2.10. The van der Waals surface area contributed by atoms with Crippen LogP contribution in [0.3, 0.4) is 0 Å². The minimum absolute atomic E-state index is 0.186. The summed E-state index contributed by atoms with van der Waals surface area (Å²) in [5, 5.41) is 0.928. The van der Waals surface area contributed by atoms with E-state index in [1.807, 2.05) is 30.5 Å². The van der Waals surface area contributed by atoms with E-state index in [4.69, 9.17) is 0 Å². The predicted octanol–water partition coefficient (Wildman–Crippen LogP) is 5.08. The molecule has 0 saturated carbocycles. The highest BCUT2D eigenvalue weighted by Gasteiger charge is 2.13. The lowest BCUT2D eigenvalue weighted by Gasteiger charge is -2.18. The largest absolute Gasteiger partial charge is 0.252 e. The summed E-state index contributed by atoms with van der Waals surface area (Å²) in [6.45, 7) is 6.68. The molecule has 0 fully saturated rings. The van der Waals surface area contributed by atoms with Crippen LogP contribution in [0.5, 0.6) is 0 Å². The monoisotopic (exact) mass is 294 g/mol. The predicted molar refractivity (Wildman–Crippen MR) is 88.8 cm³/mol. The van der Waals surface area contributed by atoms with Gasteiger partial charge in [0.15, 0.2) is 0 Å². The molecule has 0 aliphatic heterocycles. The first-order valence-electron chi connectivity index (χ1n) is 7.02. The van der Waals surface area contributed by atoms with Gasteiger partial charge in [0.05, 0.1) is 17.2 Å². The molecule has 0 N–H and O–H groups in total. The molecule has 0 aliphatic carbocycles. The van der Waals surface area contributed by atoms with Gasteiger partial charge in [-0.25, -0.2) is 4.98 Å². The lowest BCUT2D eigenvalue weighted by molar-refractivity contribution is 0.590. The molecular formula is C18H18N2S. The normalized spacial score (nSPS) is 11.8. The van der Waals surface area contributed by atoms with Gasteiger partial charge in [-0.05, 0) is 35.2 Å². The maximum Gasteiger partial charge on any atom is 0.120 e. The van der Waals surface area contributed by atoms with E-state index in [-0.39, 0.29) is 5.41 Å². The minimum Gasteiger partial charge on any atom is -0.252 e. The molecule has 0 aliphatic rings. The van der Waals surface area contributed by atoms with Crippen molar-refractivity contribution < 1.29 is 0 Å². The van der Waals surface area contributed by atoms with Crippen molar-refractivity contribution in [3.8, 4) is 0 Å². The van der Waals surface area contributed by atoms with Gasteiger partial charge in [-0.15, -0.1) is 0 Å². The molecular weight excluding hydrogens is 276 g/mol. The van der Waals surface area contributed by atoms with E-state index in [9.17, 15) is 0 Å². The smallest absolute Gasteiger partial charge is 0.120 e. The van der Waals surface area contributed by atoms with Crippen LogP contribution in [0, 0.1) is 0 Å². The van der Waals surface area contributed by atoms with Crippen molar-refractivity contribution in [1.29, 1.82) is 0 Å². The molecule has 3 heteroatoms. The molecule has 0 saturated heterocycles. The number of para-hydroxylation sites is 2. The average Bonchev–Trinajstić information content (AvgIpc) is 2.47. The van der Waals surface area contributed by atoms with Crippen molar-refractivity contribution in [1.82, 2.24) is 9.97 Å². The van der Waals surface area contributed by atoms with Crippen LogP contribution in [0.4, 0.5) is 0 Å². The number of rotatable bonds is 2. The van der Waals surface area contributed by atoms with Crippen LogP contribution in [0.25, 0.3) is 11.0 Å². The van der Waals surface area contributed by atoms with Crippen LogP contribution in [0.15, 0.2) is 64.6 Å². The van der Waals surface area contributed by atoms with Crippen LogP contribution < -0.4 is 0 Å². The second-order valence-corrected chi connectivity index (χ2v) is 7.17. The molecule has 0 bridgehead atoms. The molecule has 2 nitrogen and oxygen atoms in total. The SMILES string of the molecule is CC(C)(C)c1ccc(Sc2cnc3ccccc3n2)cc1. The zero-order valence-electron chi connectivity index (χ0n) is 12.5. The van der Waals surface area contributed by atoms with Gasteiger partial charge in [0.1, 0.15) is 5.03 Å². The van der Waals surface area contributed by atoms with Crippen molar-refractivity contribution in [2.24, 2.45) is 0 Å². The Bertz CT molecular complexity index is 758. The van der Waals surface area contributed by atoms with Crippen molar-refractivity contribution in [2.75, 3.05) is 0 Å². The highest BCUT2D eigenvalue weighted by Crippen LogP contribution is 2.29. The Morgan fingerprint density at radius 3 is 2.19 bits per heavy atom. The van der Waals surface area contributed by atoms with Gasteiger partial charge in [0, 0.05) is 4.90 Å². The highest BCUT2D eigenvalue weighted by molar-refractivity contribution is 7.99. The average molecular weight is 294 g/mol. The number of aromatic nitrogens is 2. The quantitative estimate of drug-likeness (QED) is 0.659. The third kappa shape index (κ3) is 3.24. The third-order valence-electron chi connectivity index (χ3n) is 3.37. The maximum atomic E-state index is 4.64. The fourth-order valence-electron chi connectivity index (χ4n) is 2.13. The fourth-order valence-corrected chi connectivity index (χ4v) is 2.90. The molecule has 0 spiro atoms. The van der Waals surface area contributed by atoms with Crippen LogP contribution in [-0.4, -0.2) is 9.97 Å². The van der Waals surface area contributed by atoms with E-state index < -0.39 is 0 Å². The van der Waals surface area contributed by atoms with Gasteiger partial charge in [-0.2, -0.15) is 0 Å². The number of nitrogens with zero attached hydrogens (tertiary/aromatic N) is 2. The molecule has 3 aromatic rings. The Kier molecular flexibility index (Phi) is 3.68. The van der Waals surface area contributed by atoms with E-state index in [1.54, 1.807) is 11.8 Å². The number of benzene rings is 2. The summed E-state index contributed by atoms with van der Waals surface area (Å²) >= 11 is 1.65. The first-order chi connectivity index (χ1) is 10.0. The molecule has 0 amide bonds. The molecule has 0 atom stereocenters. The number of hydrogen-bond acceptors (Lipinski definition) is 3. The standard InChI is InChI=1S/C18H18N2S/c1-18(2,3)13-8-10-14(11-9-13)21-17-12-19-15-6-4-5-7-16(15)20-17/h4-12H,1-3H3. The summed E-state index contributed by atoms with van der Waals surface area (Å²) in [5.41, 5.74) is 3.40. The van der Waals surface area contributed by atoms with Crippen LogP contribution in [-0.2, 0) is 5.41 Å². The summed E-state index contributed by atoms with van der Waals surface area (Å²) in [6.07, 6.45) is 1.84. The summed E-state index contributed by atoms with van der Waals surface area (Å²) in [5.74, 6) is 0. The molecule has 0 unspecified atom stereocenters. The van der Waals surface area contributed by atoms with Crippen molar-refractivity contribution in [3.05, 3.63) is 60.3 Å². The topological polar surface area (TPSA) is 25.8 Å². The zero-order chi connectivity index (χ0) is 14.9. The summed E-state index contributed by atoms with van der Waals surface area (Å²) in [6, 6.07) is 16.6. The number of fused-ring (bicyclic) bond motifs is 1. The molecule has 3 rings (SSSR count). The lowest BCUT2D eigenvalue weighted by atomic mass is 9.87. The van der Waals surface area contributed by atoms with Crippen LogP contribution >= 0.6 is 11.8 Å². The van der Waals surface area contributed by atoms with Crippen molar-refractivity contribution >= 4 is 22.8 Å². The second-order valence-electron chi connectivity index (χ2n) is 6.07. The van der Waals surface area contributed by atoms with E-state index in [2.05, 4.69) is 55.0 Å². The Balaban J connectivity index is 1.84. The van der Waals surface area contributed by atoms with E-state index in [1.165, 1.54) is 10.5 Å². The first kappa shape index (κ1) is 14.1. The summed E-state index contributed by atoms with van der Waals surface area (Å²) < 4.78 is 0. The molecule has 2 aromatic carbocycles. The van der Waals surface area contributed by atoms with Crippen LogP contribution in [0.1, 0.15) is 26.3 Å². The maximum absolute atomic E-state index is 4.64. The van der Waals surface area contributed by atoms with Gasteiger partial charge in [0.2, 0.25) is 0 Å². The zero-order valence-corrected chi connectivity index (χ0v) is 13.3. The molecule has 106 valence electrons. The Morgan fingerprint density at radius 1 is 0.857 bits per heavy atom. The Labute approximate surface area is 129 Å². The minimum atomic E-state index is 0.186. The Morgan fingerprint density at radius 2 is 1.52 bits per heavy atom. The fraction of sp³-hybridized carbons (Fsp3) is 0.222. The molecule has 1 aromatic heterocycles. The van der Waals surface area contributed by atoms with Crippen LogP contribution in [0.2, 0.25) is 0 Å². The third-order valence-corrected chi connectivity index (χ3v) is 4.28. The Hall–Kier alpha value is -1.87. The van der Waals surface area contributed by atoms with Crippen molar-refractivity contribution in [2.45, 2.75) is 36.1 Å². The molecule has 1 heterocycles. The number of hydrogen-bond donors (Lipinski definition) is 0. The van der Waals surface area contributed by atoms with E-state index >= 15 is 0 Å². The highest BCUT2D eigenvalue weighted by atomic mass is 32.2. The van der Waals surface area contributed by atoms with Gasteiger partial charge < -0.3 is 0 Å². The van der Waals surface area contributed by atoms with Crippen molar-refractivity contribution in [3.63, 3.8) is 0 Å². The first-order valence-corrected chi connectivity index (χ1v) is 7.84.